The van der Waals surface area contributed by atoms with Crippen molar-refractivity contribution in [1.29, 1.82) is 0 Å². The first-order chi connectivity index (χ1) is 16.3. The van der Waals surface area contributed by atoms with E-state index in [0.29, 0.717) is 6.42 Å². The number of ether oxygens (including phenoxy) is 1. The van der Waals surface area contributed by atoms with Gasteiger partial charge in [-0.15, -0.1) is 0 Å². The number of fused-ring (bicyclic) bond motifs is 1. The van der Waals surface area contributed by atoms with E-state index < -0.39 is 30.0 Å². The van der Waals surface area contributed by atoms with Gasteiger partial charge in [0, 0.05) is 5.39 Å². The molecule has 0 radical (unpaired) electrons. The molecule has 2 aromatic rings. The summed E-state index contributed by atoms with van der Waals surface area (Å²) < 4.78 is 74.7. The molecule has 34 heavy (non-hydrogen) atoms. The molecule has 6 heteroatoms. The first-order valence-corrected chi connectivity index (χ1v) is 12.9. The van der Waals surface area contributed by atoms with E-state index in [1.165, 1.54) is 38.5 Å². The highest BCUT2D eigenvalue weighted by molar-refractivity contribution is 5.84. The summed E-state index contributed by atoms with van der Waals surface area (Å²) in [6, 6.07) is 4.20. The zero-order chi connectivity index (χ0) is 24.3. The first-order valence-electron chi connectivity index (χ1n) is 12.9. The van der Waals surface area contributed by atoms with Crippen LogP contribution in [0.25, 0.3) is 10.8 Å². The SMILES string of the molecule is CCCC1CCC(C2CCC(CCC(F)(F)Oc3ccc4c(F)c(F)c(F)cc4c3)CC2)CC1. The van der Waals surface area contributed by atoms with Gasteiger partial charge in [0.1, 0.15) is 5.75 Å². The molecule has 2 fully saturated rings. The van der Waals surface area contributed by atoms with Crippen LogP contribution in [0.15, 0.2) is 24.3 Å². The second kappa shape index (κ2) is 10.8. The lowest BCUT2D eigenvalue weighted by molar-refractivity contribution is -0.183. The summed E-state index contributed by atoms with van der Waals surface area (Å²) in [4.78, 5) is 0. The second-order valence-electron chi connectivity index (χ2n) is 10.5. The molecule has 0 N–H and O–H groups in total. The Labute approximate surface area is 199 Å². The molecule has 0 aliphatic heterocycles. The molecule has 0 atom stereocenters. The molecule has 2 saturated carbocycles. The lowest BCUT2D eigenvalue weighted by Crippen LogP contribution is -2.28. The number of alkyl halides is 2. The summed E-state index contributed by atoms with van der Waals surface area (Å²) >= 11 is 0. The Kier molecular flexibility index (Phi) is 8.04. The molecule has 1 nitrogen and oxygen atoms in total. The standard InChI is InChI=1S/C28H35F5O/c1-2-3-18-4-8-20(9-5-18)21-10-6-19(7-11-21)14-15-28(32,33)34-23-12-13-24-22(16-23)17-25(29)27(31)26(24)30/h12-13,16-21H,2-11,14-15H2,1H3. The lowest BCUT2D eigenvalue weighted by atomic mass is 9.68. The molecule has 0 bridgehead atoms. The number of rotatable bonds is 8. The van der Waals surface area contributed by atoms with E-state index in [9.17, 15) is 22.0 Å². The second-order valence-corrected chi connectivity index (χ2v) is 10.5. The first kappa shape index (κ1) is 25.2. The summed E-state index contributed by atoms with van der Waals surface area (Å²) in [7, 11) is 0. The van der Waals surface area contributed by atoms with Gasteiger partial charge in [-0.3, -0.25) is 0 Å². The molecule has 2 aromatic carbocycles. The number of hydrogen-bond acceptors (Lipinski definition) is 1. The minimum Gasteiger partial charge on any atom is -0.433 e. The average molecular weight is 483 g/mol. The van der Waals surface area contributed by atoms with Crippen molar-refractivity contribution in [1.82, 2.24) is 0 Å². The van der Waals surface area contributed by atoms with Gasteiger partial charge in [-0.1, -0.05) is 45.4 Å². The van der Waals surface area contributed by atoms with E-state index in [2.05, 4.69) is 6.92 Å². The molecular formula is C28H35F5O. The third kappa shape index (κ3) is 6.04. The van der Waals surface area contributed by atoms with Crippen LogP contribution in [0.1, 0.15) is 84.0 Å². The van der Waals surface area contributed by atoms with Gasteiger partial charge in [0.15, 0.2) is 17.5 Å². The van der Waals surface area contributed by atoms with Gasteiger partial charge in [0.05, 0.1) is 6.42 Å². The lowest BCUT2D eigenvalue weighted by Gasteiger charge is -2.38. The summed E-state index contributed by atoms with van der Waals surface area (Å²) in [6.45, 7) is 2.26. The van der Waals surface area contributed by atoms with Gasteiger partial charge in [0.25, 0.3) is 0 Å². The molecule has 0 aromatic heterocycles. The maximum atomic E-state index is 14.5. The van der Waals surface area contributed by atoms with Crippen molar-refractivity contribution in [3.63, 3.8) is 0 Å². The Morgan fingerprint density at radius 2 is 1.38 bits per heavy atom. The highest BCUT2D eigenvalue weighted by Crippen LogP contribution is 2.43. The van der Waals surface area contributed by atoms with Crippen LogP contribution >= 0.6 is 0 Å². The number of benzene rings is 2. The maximum absolute atomic E-state index is 14.5. The smallest absolute Gasteiger partial charge is 0.397 e. The van der Waals surface area contributed by atoms with Crippen molar-refractivity contribution in [2.24, 2.45) is 23.7 Å². The Balaban J connectivity index is 1.25. The van der Waals surface area contributed by atoms with E-state index in [-0.39, 0.29) is 22.4 Å². The van der Waals surface area contributed by atoms with Crippen molar-refractivity contribution in [2.75, 3.05) is 0 Å². The van der Waals surface area contributed by atoms with Crippen LogP contribution in [0.2, 0.25) is 0 Å². The number of hydrogen-bond donors (Lipinski definition) is 0. The van der Waals surface area contributed by atoms with E-state index in [0.717, 1.165) is 67.7 Å². The topological polar surface area (TPSA) is 9.23 Å². The van der Waals surface area contributed by atoms with Gasteiger partial charge in [-0.2, -0.15) is 8.78 Å². The molecule has 0 heterocycles. The molecule has 2 aliphatic rings. The fourth-order valence-corrected chi connectivity index (χ4v) is 6.25. The normalized spacial score (nSPS) is 26.1. The van der Waals surface area contributed by atoms with E-state index in [1.54, 1.807) is 0 Å². The molecule has 0 spiro atoms. The van der Waals surface area contributed by atoms with Gasteiger partial charge in [-0.25, -0.2) is 13.2 Å². The van der Waals surface area contributed by atoms with E-state index in [1.807, 2.05) is 0 Å². The summed E-state index contributed by atoms with van der Waals surface area (Å²) in [5, 5.41) is -0.197. The summed E-state index contributed by atoms with van der Waals surface area (Å²) in [5.74, 6) is -1.72. The zero-order valence-corrected chi connectivity index (χ0v) is 19.9. The van der Waals surface area contributed by atoms with Crippen molar-refractivity contribution in [3.05, 3.63) is 41.7 Å². The van der Waals surface area contributed by atoms with Crippen LogP contribution < -0.4 is 4.74 Å². The Bertz CT molecular complexity index is 959. The predicted molar refractivity (Wildman–Crippen MR) is 124 cm³/mol. The summed E-state index contributed by atoms with van der Waals surface area (Å²) in [6.07, 6.45) is 8.88. The van der Waals surface area contributed by atoms with Crippen LogP contribution in [0, 0.1) is 41.1 Å². The third-order valence-corrected chi connectivity index (χ3v) is 8.20. The quantitative estimate of drug-likeness (QED) is 0.269. The monoisotopic (exact) mass is 482 g/mol. The van der Waals surface area contributed by atoms with Crippen LogP contribution in [-0.2, 0) is 0 Å². The molecule has 0 unspecified atom stereocenters. The highest BCUT2D eigenvalue weighted by atomic mass is 19.3. The molecule has 2 aliphatic carbocycles. The van der Waals surface area contributed by atoms with Gasteiger partial charge < -0.3 is 4.74 Å². The minimum atomic E-state index is -3.38. The van der Waals surface area contributed by atoms with Crippen molar-refractivity contribution in [2.45, 2.75) is 90.1 Å². The van der Waals surface area contributed by atoms with Crippen molar-refractivity contribution in [3.8, 4) is 5.75 Å². The molecule has 0 amide bonds. The van der Waals surface area contributed by atoms with Crippen molar-refractivity contribution < 1.29 is 26.7 Å². The Morgan fingerprint density at radius 1 is 0.794 bits per heavy atom. The van der Waals surface area contributed by atoms with Crippen LogP contribution in [0.4, 0.5) is 22.0 Å². The fourth-order valence-electron chi connectivity index (χ4n) is 6.25. The van der Waals surface area contributed by atoms with Crippen molar-refractivity contribution >= 4 is 10.8 Å². The van der Waals surface area contributed by atoms with Crippen LogP contribution in [0.5, 0.6) is 5.75 Å². The van der Waals surface area contributed by atoms with E-state index in [4.69, 9.17) is 4.74 Å². The molecule has 0 saturated heterocycles. The minimum absolute atomic E-state index is 0.0215. The maximum Gasteiger partial charge on any atom is 0.397 e. The highest BCUT2D eigenvalue weighted by Gasteiger charge is 2.35. The number of halogens is 5. The molecule has 4 rings (SSSR count). The van der Waals surface area contributed by atoms with Gasteiger partial charge >= 0.3 is 6.11 Å². The predicted octanol–water partition coefficient (Wildman–Crippen LogP) is 9.42. The molecular weight excluding hydrogens is 447 g/mol. The van der Waals surface area contributed by atoms with Crippen LogP contribution in [0.3, 0.4) is 0 Å². The molecule has 188 valence electrons. The Morgan fingerprint density at radius 3 is 1.97 bits per heavy atom. The van der Waals surface area contributed by atoms with Gasteiger partial charge in [0.2, 0.25) is 0 Å². The van der Waals surface area contributed by atoms with Gasteiger partial charge in [-0.05, 0) is 85.4 Å². The summed E-state index contributed by atoms with van der Waals surface area (Å²) in [5.41, 5.74) is 0. The largest absolute Gasteiger partial charge is 0.433 e. The average Bonchev–Trinajstić information content (AvgIpc) is 2.82. The van der Waals surface area contributed by atoms with Crippen LogP contribution in [-0.4, -0.2) is 6.11 Å². The zero-order valence-electron chi connectivity index (χ0n) is 19.9. The van der Waals surface area contributed by atoms with E-state index >= 15 is 0 Å². The fraction of sp³-hybridized carbons (Fsp3) is 0.643. The third-order valence-electron chi connectivity index (χ3n) is 8.20. The Hall–Kier alpha value is -1.85.